The number of hydrogen-bond acceptors (Lipinski definition) is 7. The molecule has 28 heavy (non-hydrogen) atoms. The summed E-state index contributed by atoms with van der Waals surface area (Å²) >= 11 is 0. The van der Waals surface area contributed by atoms with Gasteiger partial charge in [-0.3, -0.25) is 9.69 Å². The summed E-state index contributed by atoms with van der Waals surface area (Å²) in [6.07, 6.45) is 1.69. The minimum atomic E-state index is -0.207. The molecule has 1 saturated heterocycles. The van der Waals surface area contributed by atoms with Crippen LogP contribution in [0.4, 0.5) is 0 Å². The number of benzene rings is 1. The number of hydrogen-bond donors (Lipinski definition) is 1. The maximum Gasteiger partial charge on any atom is 0.271 e. The van der Waals surface area contributed by atoms with Crippen molar-refractivity contribution in [3.05, 3.63) is 36.2 Å². The average molecular weight is 390 g/mol. The molecule has 1 aromatic carbocycles. The zero-order valence-electron chi connectivity index (χ0n) is 16.2. The molecule has 1 amide bonds. The normalized spacial score (nSPS) is 14.5. The summed E-state index contributed by atoms with van der Waals surface area (Å²) in [4.78, 5) is 14.5. The van der Waals surface area contributed by atoms with Gasteiger partial charge in [0, 0.05) is 32.4 Å². The van der Waals surface area contributed by atoms with Gasteiger partial charge in [-0.25, -0.2) is 4.68 Å². The van der Waals surface area contributed by atoms with Gasteiger partial charge < -0.3 is 24.3 Å². The van der Waals surface area contributed by atoms with Crippen LogP contribution < -0.4 is 19.5 Å². The van der Waals surface area contributed by atoms with Crippen LogP contribution in [0.2, 0.25) is 0 Å². The molecule has 9 heteroatoms. The standard InChI is InChI=1S/C19H26N4O5/c1-25-16-4-3-5-17(26-2)18(16)28-14-23-8-6-15(21-23)19(24)20-7-9-22-10-12-27-13-11-22/h3-6,8H,7,9-14H2,1-2H3,(H,20,24). The van der Waals surface area contributed by atoms with Crippen LogP contribution in [0.5, 0.6) is 17.2 Å². The highest BCUT2D eigenvalue weighted by molar-refractivity contribution is 5.92. The molecule has 0 saturated carbocycles. The van der Waals surface area contributed by atoms with E-state index in [9.17, 15) is 4.79 Å². The van der Waals surface area contributed by atoms with Crippen molar-refractivity contribution in [1.82, 2.24) is 20.0 Å². The Kier molecular flexibility index (Phi) is 7.10. The fourth-order valence-corrected chi connectivity index (χ4v) is 2.89. The Labute approximate surface area is 164 Å². The van der Waals surface area contributed by atoms with E-state index >= 15 is 0 Å². The van der Waals surface area contributed by atoms with Crippen LogP contribution in [0.3, 0.4) is 0 Å². The van der Waals surface area contributed by atoms with Crippen molar-refractivity contribution in [1.29, 1.82) is 0 Å². The van der Waals surface area contributed by atoms with Gasteiger partial charge in [0.1, 0.15) is 5.69 Å². The summed E-state index contributed by atoms with van der Waals surface area (Å²) in [6, 6.07) is 7.05. The van der Waals surface area contributed by atoms with Crippen LogP contribution in [0.15, 0.2) is 30.5 Å². The molecule has 9 nitrogen and oxygen atoms in total. The topological polar surface area (TPSA) is 87.1 Å². The van der Waals surface area contributed by atoms with Crippen LogP contribution in [-0.4, -0.2) is 74.2 Å². The van der Waals surface area contributed by atoms with E-state index in [1.165, 1.54) is 0 Å². The minimum absolute atomic E-state index is 0.123. The summed E-state index contributed by atoms with van der Waals surface area (Å²) in [5.41, 5.74) is 0.345. The molecule has 0 spiro atoms. The summed E-state index contributed by atoms with van der Waals surface area (Å²) < 4.78 is 23.3. The van der Waals surface area contributed by atoms with Crippen molar-refractivity contribution in [2.24, 2.45) is 0 Å². The number of nitrogens with one attached hydrogen (secondary N) is 1. The SMILES string of the molecule is COc1cccc(OC)c1OCn1ccc(C(=O)NCCN2CCOCC2)n1. The number of amides is 1. The first kappa shape index (κ1) is 20.0. The molecule has 1 fully saturated rings. The summed E-state index contributed by atoms with van der Waals surface area (Å²) in [5, 5.41) is 7.16. The summed E-state index contributed by atoms with van der Waals surface area (Å²) in [6.45, 7) is 4.78. The predicted molar refractivity (Wildman–Crippen MR) is 102 cm³/mol. The fourth-order valence-electron chi connectivity index (χ4n) is 2.89. The van der Waals surface area contributed by atoms with Gasteiger partial charge in [0.05, 0.1) is 27.4 Å². The van der Waals surface area contributed by atoms with Crippen LogP contribution >= 0.6 is 0 Å². The second-order valence-electron chi connectivity index (χ2n) is 6.22. The van der Waals surface area contributed by atoms with Crippen LogP contribution in [0.25, 0.3) is 0 Å². The third-order valence-corrected chi connectivity index (χ3v) is 4.41. The van der Waals surface area contributed by atoms with Crippen LogP contribution in [-0.2, 0) is 11.5 Å². The molecule has 0 aliphatic carbocycles. The van der Waals surface area contributed by atoms with Gasteiger partial charge in [-0.2, -0.15) is 5.10 Å². The number of rotatable bonds is 9. The second kappa shape index (κ2) is 9.95. The van der Waals surface area contributed by atoms with Crippen molar-refractivity contribution in [3.63, 3.8) is 0 Å². The summed E-state index contributed by atoms with van der Waals surface area (Å²) in [7, 11) is 3.13. The number of ether oxygens (including phenoxy) is 4. The molecule has 3 rings (SSSR count). The van der Waals surface area contributed by atoms with Gasteiger partial charge in [0.15, 0.2) is 18.2 Å². The van der Waals surface area contributed by atoms with E-state index in [0.29, 0.717) is 29.5 Å². The van der Waals surface area contributed by atoms with Gasteiger partial charge in [-0.1, -0.05) is 6.07 Å². The Morgan fingerprint density at radius 2 is 1.89 bits per heavy atom. The van der Waals surface area contributed by atoms with Crippen LogP contribution in [0.1, 0.15) is 10.5 Å². The fraction of sp³-hybridized carbons (Fsp3) is 0.474. The Morgan fingerprint density at radius 1 is 1.18 bits per heavy atom. The molecular formula is C19H26N4O5. The third kappa shape index (κ3) is 5.14. The van der Waals surface area contributed by atoms with E-state index in [1.807, 2.05) is 6.07 Å². The Bertz CT molecular complexity index is 751. The molecule has 2 aromatic rings. The molecule has 2 heterocycles. The van der Waals surface area contributed by atoms with E-state index in [2.05, 4.69) is 15.3 Å². The lowest BCUT2D eigenvalue weighted by atomic mass is 10.3. The molecule has 1 N–H and O–H groups in total. The molecule has 0 unspecified atom stereocenters. The minimum Gasteiger partial charge on any atom is -0.493 e. The number of nitrogens with zero attached hydrogens (tertiary/aromatic N) is 3. The first-order valence-electron chi connectivity index (χ1n) is 9.17. The van der Waals surface area contributed by atoms with E-state index < -0.39 is 0 Å². The Morgan fingerprint density at radius 3 is 2.57 bits per heavy atom. The van der Waals surface area contributed by atoms with Crippen molar-refractivity contribution < 1.29 is 23.7 Å². The maximum absolute atomic E-state index is 12.3. The number of para-hydroxylation sites is 1. The first-order chi connectivity index (χ1) is 13.7. The molecule has 0 atom stereocenters. The van der Waals surface area contributed by atoms with Crippen molar-refractivity contribution in [3.8, 4) is 17.2 Å². The highest BCUT2D eigenvalue weighted by Gasteiger charge is 2.14. The largest absolute Gasteiger partial charge is 0.493 e. The van der Waals surface area contributed by atoms with E-state index in [0.717, 1.165) is 32.8 Å². The van der Waals surface area contributed by atoms with Gasteiger partial charge in [0.2, 0.25) is 5.75 Å². The lowest BCUT2D eigenvalue weighted by molar-refractivity contribution is 0.0383. The quantitative estimate of drug-likeness (QED) is 0.683. The molecule has 1 aromatic heterocycles. The Balaban J connectivity index is 1.50. The smallest absolute Gasteiger partial charge is 0.271 e. The molecule has 0 radical (unpaired) electrons. The van der Waals surface area contributed by atoms with Gasteiger partial charge >= 0.3 is 0 Å². The Hall–Kier alpha value is -2.78. The lowest BCUT2D eigenvalue weighted by Gasteiger charge is -2.26. The number of methoxy groups -OCH3 is 2. The lowest BCUT2D eigenvalue weighted by Crippen LogP contribution is -2.41. The number of carbonyl (C=O) groups excluding carboxylic acids is 1. The molecule has 152 valence electrons. The van der Waals surface area contributed by atoms with E-state index in [1.54, 1.807) is 43.3 Å². The van der Waals surface area contributed by atoms with Crippen molar-refractivity contribution in [2.75, 3.05) is 53.6 Å². The highest BCUT2D eigenvalue weighted by atomic mass is 16.5. The highest BCUT2D eigenvalue weighted by Crippen LogP contribution is 2.36. The average Bonchev–Trinajstić information content (AvgIpc) is 3.21. The van der Waals surface area contributed by atoms with Gasteiger partial charge in [-0.15, -0.1) is 0 Å². The molecule has 1 aliphatic heterocycles. The number of carbonyl (C=O) groups is 1. The monoisotopic (exact) mass is 390 g/mol. The maximum atomic E-state index is 12.3. The summed E-state index contributed by atoms with van der Waals surface area (Å²) in [5.74, 6) is 1.40. The van der Waals surface area contributed by atoms with Crippen molar-refractivity contribution >= 4 is 5.91 Å². The zero-order chi connectivity index (χ0) is 19.8. The van der Waals surface area contributed by atoms with Crippen molar-refractivity contribution in [2.45, 2.75) is 6.73 Å². The van der Waals surface area contributed by atoms with E-state index in [4.69, 9.17) is 18.9 Å². The third-order valence-electron chi connectivity index (χ3n) is 4.41. The first-order valence-corrected chi connectivity index (χ1v) is 9.17. The number of aromatic nitrogens is 2. The molecule has 0 bridgehead atoms. The van der Waals surface area contributed by atoms with Crippen LogP contribution in [0, 0.1) is 0 Å². The molecule has 1 aliphatic rings. The molecular weight excluding hydrogens is 364 g/mol. The second-order valence-corrected chi connectivity index (χ2v) is 6.22. The predicted octanol–water partition coefficient (Wildman–Crippen LogP) is 0.999. The van der Waals surface area contributed by atoms with Gasteiger partial charge in [-0.05, 0) is 18.2 Å². The zero-order valence-corrected chi connectivity index (χ0v) is 16.2. The number of morpholine rings is 1. The van der Waals surface area contributed by atoms with Gasteiger partial charge in [0.25, 0.3) is 5.91 Å². The van der Waals surface area contributed by atoms with E-state index in [-0.39, 0.29) is 12.6 Å².